The molecule has 0 atom stereocenters. The summed E-state index contributed by atoms with van der Waals surface area (Å²) in [5.41, 5.74) is -2.98. The molecule has 0 aliphatic carbocycles. The molecule has 0 aliphatic heterocycles. The van der Waals surface area contributed by atoms with E-state index in [1.165, 1.54) is 7.11 Å². The summed E-state index contributed by atoms with van der Waals surface area (Å²) >= 11 is 2.04. The first-order valence-electron chi connectivity index (χ1n) is 9.21. The molecular formula is C21H33IO6. The Labute approximate surface area is 182 Å². The maximum absolute atomic E-state index is 13.1. The van der Waals surface area contributed by atoms with Gasteiger partial charge in [-0.25, -0.2) is 0 Å². The van der Waals surface area contributed by atoms with Crippen molar-refractivity contribution in [3.63, 3.8) is 0 Å². The van der Waals surface area contributed by atoms with Gasteiger partial charge in [-0.05, 0) is 64.9 Å². The van der Waals surface area contributed by atoms with Gasteiger partial charge in [0.25, 0.3) is 0 Å². The second kappa shape index (κ2) is 11.6. The van der Waals surface area contributed by atoms with Gasteiger partial charge in [0.1, 0.15) is 11.2 Å². The van der Waals surface area contributed by atoms with Gasteiger partial charge in [0.15, 0.2) is 5.41 Å². The summed E-state index contributed by atoms with van der Waals surface area (Å²) in [4.78, 5) is 37.4. The van der Waals surface area contributed by atoms with E-state index in [0.717, 1.165) is 0 Å². The number of hydrogen-bond acceptors (Lipinski definition) is 6. The topological polar surface area (TPSA) is 78.9 Å². The van der Waals surface area contributed by atoms with Gasteiger partial charge in [-0.1, -0.05) is 40.8 Å². The first kappa shape index (κ1) is 26.6. The molecule has 0 spiro atoms. The lowest BCUT2D eigenvalue weighted by atomic mass is 9.80. The molecule has 0 N–H and O–H groups in total. The van der Waals surface area contributed by atoms with Gasteiger partial charge in [0.2, 0.25) is 0 Å². The Morgan fingerprint density at radius 1 is 0.821 bits per heavy atom. The maximum atomic E-state index is 13.1. The van der Waals surface area contributed by atoms with Crippen LogP contribution in [0.1, 0.15) is 67.2 Å². The van der Waals surface area contributed by atoms with Gasteiger partial charge in [-0.15, -0.1) is 0 Å². The Hall–Kier alpha value is -1.38. The SMILES string of the molecule is COC(=O)CC/C=C/CC(C/C=C/I)(C(=O)OC(C)(C)C)C(=O)OC(C)(C)C. The van der Waals surface area contributed by atoms with Crippen LogP contribution in [0.2, 0.25) is 0 Å². The average molecular weight is 508 g/mol. The molecule has 7 heteroatoms. The van der Waals surface area contributed by atoms with Crippen LogP contribution < -0.4 is 0 Å². The average Bonchev–Trinajstić information content (AvgIpc) is 2.53. The van der Waals surface area contributed by atoms with E-state index in [0.29, 0.717) is 6.42 Å². The maximum Gasteiger partial charge on any atom is 0.324 e. The third-order valence-corrected chi connectivity index (χ3v) is 4.02. The molecule has 160 valence electrons. The highest BCUT2D eigenvalue weighted by molar-refractivity contribution is 14.1. The zero-order valence-corrected chi connectivity index (χ0v) is 20.1. The third kappa shape index (κ3) is 10.2. The summed E-state index contributed by atoms with van der Waals surface area (Å²) in [6.45, 7) is 10.5. The first-order chi connectivity index (χ1) is 12.8. The van der Waals surface area contributed by atoms with Gasteiger partial charge >= 0.3 is 17.9 Å². The molecule has 0 amide bonds. The van der Waals surface area contributed by atoms with E-state index in [-0.39, 0.29) is 25.2 Å². The monoisotopic (exact) mass is 508 g/mol. The Kier molecular flexibility index (Phi) is 11.0. The van der Waals surface area contributed by atoms with Crippen LogP contribution in [-0.4, -0.2) is 36.2 Å². The molecule has 0 heterocycles. The number of hydrogen-bond donors (Lipinski definition) is 0. The van der Waals surface area contributed by atoms with E-state index < -0.39 is 28.6 Å². The lowest BCUT2D eigenvalue weighted by Gasteiger charge is -2.33. The van der Waals surface area contributed by atoms with Crippen molar-refractivity contribution in [2.24, 2.45) is 5.41 Å². The predicted octanol–water partition coefficient (Wildman–Crippen LogP) is 4.89. The minimum atomic E-state index is -1.50. The van der Waals surface area contributed by atoms with Crippen molar-refractivity contribution in [1.82, 2.24) is 0 Å². The zero-order chi connectivity index (χ0) is 22.0. The molecule has 0 aromatic carbocycles. The van der Waals surface area contributed by atoms with Gasteiger partial charge in [0.05, 0.1) is 7.11 Å². The summed E-state index contributed by atoms with van der Waals surface area (Å²) in [6.07, 6.45) is 6.17. The number of carbonyl (C=O) groups excluding carboxylic acids is 3. The van der Waals surface area contributed by atoms with Crippen molar-refractivity contribution in [3.8, 4) is 0 Å². The molecule has 6 nitrogen and oxygen atoms in total. The molecule has 0 aliphatic rings. The predicted molar refractivity (Wildman–Crippen MR) is 117 cm³/mol. The molecular weight excluding hydrogens is 475 g/mol. The van der Waals surface area contributed by atoms with E-state index in [2.05, 4.69) is 4.74 Å². The lowest BCUT2D eigenvalue weighted by molar-refractivity contribution is -0.185. The zero-order valence-electron chi connectivity index (χ0n) is 18.0. The number of carbonyl (C=O) groups is 3. The number of allylic oxidation sites excluding steroid dienone is 3. The van der Waals surface area contributed by atoms with Crippen molar-refractivity contribution in [3.05, 3.63) is 22.3 Å². The Bertz CT molecular complexity index is 565. The number of methoxy groups -OCH3 is 1. The van der Waals surface area contributed by atoms with Crippen molar-refractivity contribution in [2.75, 3.05) is 7.11 Å². The van der Waals surface area contributed by atoms with Crippen LogP contribution in [-0.2, 0) is 28.6 Å². The second-order valence-corrected chi connectivity index (χ2v) is 9.16. The van der Waals surface area contributed by atoms with Crippen molar-refractivity contribution in [1.29, 1.82) is 0 Å². The molecule has 0 fully saturated rings. The summed E-state index contributed by atoms with van der Waals surface area (Å²) in [7, 11) is 1.33. The number of rotatable bonds is 9. The number of esters is 3. The van der Waals surface area contributed by atoms with Crippen LogP contribution in [0.4, 0.5) is 0 Å². The Balaban J connectivity index is 5.76. The fraction of sp³-hybridized carbons (Fsp3) is 0.667. The smallest absolute Gasteiger partial charge is 0.324 e. The third-order valence-electron chi connectivity index (χ3n) is 3.51. The highest BCUT2D eigenvalue weighted by Crippen LogP contribution is 2.35. The largest absolute Gasteiger partial charge is 0.469 e. The molecule has 0 rings (SSSR count). The van der Waals surface area contributed by atoms with Crippen LogP contribution >= 0.6 is 22.6 Å². The highest BCUT2D eigenvalue weighted by Gasteiger charge is 2.49. The van der Waals surface area contributed by atoms with E-state index in [9.17, 15) is 14.4 Å². The van der Waals surface area contributed by atoms with Gasteiger partial charge in [-0.3, -0.25) is 14.4 Å². The fourth-order valence-corrected chi connectivity index (χ4v) is 2.46. The highest BCUT2D eigenvalue weighted by atomic mass is 127. The van der Waals surface area contributed by atoms with Crippen molar-refractivity contribution in [2.45, 2.75) is 78.4 Å². The van der Waals surface area contributed by atoms with Crippen LogP contribution in [0.15, 0.2) is 22.3 Å². The molecule has 28 heavy (non-hydrogen) atoms. The van der Waals surface area contributed by atoms with E-state index in [1.807, 2.05) is 22.6 Å². The number of ether oxygens (including phenoxy) is 3. The van der Waals surface area contributed by atoms with Gasteiger partial charge in [0, 0.05) is 6.42 Å². The normalized spacial score (nSPS) is 13.0. The molecule has 0 aromatic rings. The minimum absolute atomic E-state index is 0.110. The summed E-state index contributed by atoms with van der Waals surface area (Å²) in [6, 6.07) is 0. The number of halogens is 1. The minimum Gasteiger partial charge on any atom is -0.469 e. The molecule has 0 aromatic heterocycles. The van der Waals surface area contributed by atoms with Crippen LogP contribution in [0, 0.1) is 5.41 Å². The van der Waals surface area contributed by atoms with Gasteiger partial charge < -0.3 is 14.2 Å². The molecule has 0 radical (unpaired) electrons. The van der Waals surface area contributed by atoms with Crippen LogP contribution in [0.5, 0.6) is 0 Å². The summed E-state index contributed by atoms with van der Waals surface area (Å²) in [5, 5.41) is 0. The van der Waals surface area contributed by atoms with E-state index in [1.54, 1.807) is 63.9 Å². The molecule has 0 saturated carbocycles. The molecule has 0 bridgehead atoms. The van der Waals surface area contributed by atoms with Crippen LogP contribution in [0.25, 0.3) is 0 Å². The fourth-order valence-electron chi connectivity index (χ4n) is 2.20. The summed E-state index contributed by atoms with van der Waals surface area (Å²) < 4.78 is 17.5. The van der Waals surface area contributed by atoms with Gasteiger partial charge in [-0.2, -0.15) is 0 Å². The Morgan fingerprint density at radius 2 is 1.29 bits per heavy atom. The standard InChI is InChI=1S/C21H33IO6/c1-19(2,3)27-17(24)21(14-11-15-22,18(25)28-20(4,5)6)13-10-8-9-12-16(23)26-7/h8,10-11,15H,9,12-14H2,1-7H3/b10-8+,15-11+. The van der Waals surface area contributed by atoms with E-state index in [4.69, 9.17) is 9.47 Å². The van der Waals surface area contributed by atoms with Crippen molar-refractivity contribution < 1.29 is 28.6 Å². The van der Waals surface area contributed by atoms with Crippen molar-refractivity contribution >= 4 is 40.5 Å². The molecule has 0 unspecified atom stereocenters. The Morgan fingerprint density at radius 3 is 1.68 bits per heavy atom. The first-order valence-corrected chi connectivity index (χ1v) is 10.5. The summed E-state index contributed by atoms with van der Waals surface area (Å²) in [5.74, 6) is -1.56. The second-order valence-electron chi connectivity index (χ2n) is 8.44. The molecule has 0 saturated heterocycles. The quantitative estimate of drug-likeness (QED) is 0.145. The van der Waals surface area contributed by atoms with Crippen LogP contribution in [0.3, 0.4) is 0 Å². The lowest BCUT2D eigenvalue weighted by Crippen LogP contribution is -2.46. The van der Waals surface area contributed by atoms with E-state index >= 15 is 0 Å².